The molecule has 0 fully saturated rings. The summed E-state index contributed by atoms with van der Waals surface area (Å²) >= 11 is 0. The van der Waals surface area contributed by atoms with Crippen molar-refractivity contribution in [1.82, 2.24) is 0 Å². The number of Topliss-reactive ketones (excluding diaryl/α,β-unsaturated/α-hetero) is 1. The molecule has 0 heterocycles. The molecular weight excluding hydrogens is 232 g/mol. The highest BCUT2D eigenvalue weighted by atomic mass is 16.1. The zero-order valence-corrected chi connectivity index (χ0v) is 12.2. The monoisotopic (exact) mass is 258 g/mol. The molecule has 2 rings (SSSR count). The number of ketones is 1. The van der Waals surface area contributed by atoms with Crippen LogP contribution in [-0.2, 0) is 11.2 Å². The third-order valence-corrected chi connectivity index (χ3v) is 4.33. The minimum absolute atomic E-state index is 0.334. The molecule has 104 valence electrons. The van der Waals surface area contributed by atoms with Gasteiger partial charge < -0.3 is 4.79 Å². The largest absolute Gasteiger partial charge is 0.300 e. The molecule has 0 radical (unpaired) electrons. The van der Waals surface area contributed by atoms with Crippen LogP contribution in [0.3, 0.4) is 0 Å². The molecule has 1 aromatic carbocycles. The first kappa shape index (κ1) is 14.3. The molecule has 0 aromatic heterocycles. The van der Waals surface area contributed by atoms with Crippen LogP contribution in [0.15, 0.2) is 24.3 Å². The van der Waals surface area contributed by atoms with E-state index in [1.54, 1.807) is 18.1 Å². The van der Waals surface area contributed by atoms with Gasteiger partial charge in [-0.05, 0) is 56.1 Å². The maximum absolute atomic E-state index is 10.9. The van der Waals surface area contributed by atoms with Crippen molar-refractivity contribution in [2.45, 2.75) is 70.6 Å². The van der Waals surface area contributed by atoms with Crippen molar-refractivity contribution in [3.05, 3.63) is 35.4 Å². The predicted octanol–water partition coefficient (Wildman–Crippen LogP) is 5.04. The smallest absolute Gasteiger partial charge is 0.129 e. The number of carbonyl (C=O) groups excluding carboxylic acids is 1. The highest BCUT2D eigenvalue weighted by Crippen LogP contribution is 2.35. The second-order valence-electron chi connectivity index (χ2n) is 5.94. The molecule has 0 saturated carbocycles. The Balaban J connectivity index is 1.71. The molecule has 1 aromatic rings. The van der Waals surface area contributed by atoms with Gasteiger partial charge in [0.25, 0.3) is 0 Å². The molecule has 19 heavy (non-hydrogen) atoms. The van der Waals surface area contributed by atoms with Crippen molar-refractivity contribution in [3.8, 4) is 0 Å². The zero-order chi connectivity index (χ0) is 13.5. The Morgan fingerprint density at radius 1 is 1.16 bits per heavy atom. The third-order valence-electron chi connectivity index (χ3n) is 4.33. The van der Waals surface area contributed by atoms with Gasteiger partial charge >= 0.3 is 0 Å². The second kappa shape index (κ2) is 7.47. The van der Waals surface area contributed by atoms with Gasteiger partial charge in [-0.25, -0.2) is 0 Å². The van der Waals surface area contributed by atoms with Gasteiger partial charge in [0, 0.05) is 6.42 Å². The normalized spacial score (nSPS) is 18.1. The van der Waals surface area contributed by atoms with Crippen LogP contribution >= 0.6 is 0 Å². The Bertz CT molecular complexity index is 408. The lowest BCUT2D eigenvalue weighted by atomic mass is 9.80. The zero-order valence-electron chi connectivity index (χ0n) is 12.2. The van der Waals surface area contributed by atoms with E-state index in [1.165, 1.54) is 44.9 Å². The fourth-order valence-electron chi connectivity index (χ4n) is 3.27. The molecule has 0 aliphatic heterocycles. The van der Waals surface area contributed by atoms with Gasteiger partial charge in [0.1, 0.15) is 5.78 Å². The number of hydrogen-bond donors (Lipinski definition) is 0. The molecule has 1 aliphatic rings. The molecule has 0 saturated heterocycles. The van der Waals surface area contributed by atoms with E-state index in [2.05, 4.69) is 24.3 Å². The molecule has 0 bridgehead atoms. The SMILES string of the molecule is CC(=O)CCCCCCC1CCCc2ccccc21. The molecule has 0 N–H and O–H groups in total. The topological polar surface area (TPSA) is 17.1 Å². The number of unbranched alkanes of at least 4 members (excludes halogenated alkanes) is 3. The van der Waals surface area contributed by atoms with Crippen LogP contribution < -0.4 is 0 Å². The standard InChI is InChI=1S/C18H26O/c1-15(19)9-4-2-3-5-10-16-12-8-13-17-11-6-7-14-18(16)17/h6-7,11,14,16H,2-5,8-10,12-13H2,1H3. The van der Waals surface area contributed by atoms with Crippen LogP contribution in [0.5, 0.6) is 0 Å². The van der Waals surface area contributed by atoms with E-state index in [0.29, 0.717) is 5.78 Å². The molecular formula is C18H26O. The molecule has 1 nitrogen and oxygen atoms in total. The van der Waals surface area contributed by atoms with E-state index < -0.39 is 0 Å². The highest BCUT2D eigenvalue weighted by Gasteiger charge is 2.18. The fraction of sp³-hybridized carbons (Fsp3) is 0.611. The van der Waals surface area contributed by atoms with Gasteiger partial charge in [-0.15, -0.1) is 0 Å². The van der Waals surface area contributed by atoms with Gasteiger partial charge in [0.05, 0.1) is 0 Å². The molecule has 0 amide bonds. The average Bonchev–Trinajstić information content (AvgIpc) is 2.42. The maximum atomic E-state index is 10.9. The lowest BCUT2D eigenvalue weighted by Crippen LogP contribution is -2.09. The lowest BCUT2D eigenvalue weighted by Gasteiger charge is -2.25. The van der Waals surface area contributed by atoms with Crippen molar-refractivity contribution in [2.75, 3.05) is 0 Å². The predicted molar refractivity (Wildman–Crippen MR) is 80.5 cm³/mol. The van der Waals surface area contributed by atoms with Crippen LogP contribution in [0.2, 0.25) is 0 Å². The Labute approximate surface area is 117 Å². The van der Waals surface area contributed by atoms with Gasteiger partial charge in [-0.1, -0.05) is 43.5 Å². The molecule has 1 aliphatic carbocycles. The summed E-state index contributed by atoms with van der Waals surface area (Å²) in [6.45, 7) is 1.69. The summed E-state index contributed by atoms with van der Waals surface area (Å²) in [6.07, 6.45) is 11.0. The van der Waals surface area contributed by atoms with Crippen molar-refractivity contribution in [2.24, 2.45) is 0 Å². The Morgan fingerprint density at radius 2 is 1.95 bits per heavy atom. The molecule has 0 spiro atoms. The number of aryl methyl sites for hydroxylation is 1. The number of fused-ring (bicyclic) bond motifs is 1. The van der Waals surface area contributed by atoms with Crippen LogP contribution in [-0.4, -0.2) is 5.78 Å². The fourth-order valence-corrected chi connectivity index (χ4v) is 3.27. The summed E-state index contributed by atoms with van der Waals surface area (Å²) in [6, 6.07) is 8.98. The van der Waals surface area contributed by atoms with Crippen LogP contribution in [0.4, 0.5) is 0 Å². The molecule has 1 atom stereocenters. The Morgan fingerprint density at radius 3 is 2.79 bits per heavy atom. The van der Waals surface area contributed by atoms with E-state index in [-0.39, 0.29) is 0 Å². The van der Waals surface area contributed by atoms with E-state index in [9.17, 15) is 4.79 Å². The van der Waals surface area contributed by atoms with Gasteiger partial charge in [0.2, 0.25) is 0 Å². The first-order valence-corrected chi connectivity index (χ1v) is 7.84. The number of rotatable bonds is 7. The van der Waals surface area contributed by atoms with Crippen LogP contribution in [0.1, 0.15) is 75.3 Å². The van der Waals surface area contributed by atoms with E-state index >= 15 is 0 Å². The number of carbonyl (C=O) groups is 1. The van der Waals surface area contributed by atoms with Crippen molar-refractivity contribution < 1.29 is 4.79 Å². The summed E-state index contributed by atoms with van der Waals surface area (Å²) in [7, 11) is 0. The summed E-state index contributed by atoms with van der Waals surface area (Å²) in [4.78, 5) is 10.9. The Hall–Kier alpha value is -1.11. The third kappa shape index (κ3) is 4.49. The Kier molecular flexibility index (Phi) is 5.62. The van der Waals surface area contributed by atoms with Gasteiger partial charge in [-0.2, -0.15) is 0 Å². The van der Waals surface area contributed by atoms with Crippen LogP contribution in [0, 0.1) is 0 Å². The molecule has 1 unspecified atom stereocenters. The summed E-state index contributed by atoms with van der Waals surface area (Å²) in [5, 5.41) is 0. The number of benzene rings is 1. The molecule has 1 heteroatoms. The first-order valence-electron chi connectivity index (χ1n) is 7.84. The second-order valence-corrected chi connectivity index (χ2v) is 5.94. The first-order chi connectivity index (χ1) is 9.27. The van der Waals surface area contributed by atoms with E-state index in [0.717, 1.165) is 18.8 Å². The van der Waals surface area contributed by atoms with E-state index in [1.807, 2.05) is 0 Å². The minimum Gasteiger partial charge on any atom is -0.300 e. The highest BCUT2D eigenvalue weighted by molar-refractivity contribution is 5.75. The quantitative estimate of drug-likeness (QED) is 0.626. The van der Waals surface area contributed by atoms with Gasteiger partial charge in [0.15, 0.2) is 0 Å². The lowest BCUT2D eigenvalue weighted by molar-refractivity contribution is -0.117. The summed E-state index contributed by atoms with van der Waals surface area (Å²) in [5.41, 5.74) is 3.19. The van der Waals surface area contributed by atoms with Gasteiger partial charge in [-0.3, -0.25) is 0 Å². The summed E-state index contributed by atoms with van der Waals surface area (Å²) in [5.74, 6) is 1.12. The van der Waals surface area contributed by atoms with Crippen molar-refractivity contribution in [1.29, 1.82) is 0 Å². The van der Waals surface area contributed by atoms with E-state index in [4.69, 9.17) is 0 Å². The number of hydrogen-bond acceptors (Lipinski definition) is 1. The minimum atomic E-state index is 0.334. The van der Waals surface area contributed by atoms with Crippen LogP contribution in [0.25, 0.3) is 0 Å². The van der Waals surface area contributed by atoms with Crippen molar-refractivity contribution >= 4 is 5.78 Å². The van der Waals surface area contributed by atoms with Crippen molar-refractivity contribution in [3.63, 3.8) is 0 Å². The summed E-state index contributed by atoms with van der Waals surface area (Å²) < 4.78 is 0. The average molecular weight is 258 g/mol. The maximum Gasteiger partial charge on any atom is 0.129 e.